The molecule has 0 bridgehead atoms. The van der Waals surface area contributed by atoms with E-state index in [0.717, 1.165) is 39.1 Å². The molecule has 0 saturated carbocycles. The van der Waals surface area contributed by atoms with Gasteiger partial charge in [0.05, 0.1) is 12.7 Å². The molecule has 4 heteroatoms. The normalized spacial score (nSPS) is 25.0. The van der Waals surface area contributed by atoms with E-state index < -0.39 is 0 Å². The van der Waals surface area contributed by atoms with Gasteiger partial charge in [-0.3, -0.25) is 0 Å². The first-order valence-corrected chi connectivity index (χ1v) is 4.52. The van der Waals surface area contributed by atoms with Crippen molar-refractivity contribution in [2.75, 3.05) is 33.3 Å². The van der Waals surface area contributed by atoms with E-state index in [1.165, 1.54) is 0 Å². The van der Waals surface area contributed by atoms with Crippen LogP contribution in [0, 0.1) is 0 Å². The molecule has 1 heterocycles. The molecule has 0 amide bonds. The third-order valence-corrected chi connectivity index (χ3v) is 2.11. The van der Waals surface area contributed by atoms with Gasteiger partial charge in [0.25, 0.3) is 0 Å². The fourth-order valence-electron chi connectivity index (χ4n) is 1.48. The Labute approximate surface area is 73.5 Å². The number of hydroxylamine groups is 1. The van der Waals surface area contributed by atoms with Gasteiger partial charge in [0.1, 0.15) is 0 Å². The molecule has 1 rings (SSSR count). The molecule has 12 heavy (non-hydrogen) atoms. The van der Waals surface area contributed by atoms with Crippen molar-refractivity contribution in [1.82, 2.24) is 10.4 Å². The third kappa shape index (κ3) is 3.49. The van der Waals surface area contributed by atoms with E-state index in [1.54, 1.807) is 7.05 Å². The minimum absolute atomic E-state index is 0.102. The molecule has 72 valence electrons. The number of rotatable bonds is 5. The number of β-amino-alcohol motifs (C(OH)–C–C–N with tert-alkyl or cyclic N) is 1. The van der Waals surface area contributed by atoms with Crippen molar-refractivity contribution < 1.29 is 9.94 Å². The molecule has 0 radical (unpaired) electrons. The van der Waals surface area contributed by atoms with Gasteiger partial charge in [0.2, 0.25) is 0 Å². The zero-order valence-corrected chi connectivity index (χ0v) is 7.62. The topological polar surface area (TPSA) is 44.7 Å². The summed E-state index contributed by atoms with van der Waals surface area (Å²) in [7, 11) is 1.76. The number of nitrogens with zero attached hydrogens (tertiary/aromatic N) is 1. The quantitative estimate of drug-likeness (QED) is 0.439. The molecule has 1 aliphatic heterocycles. The Balaban J connectivity index is 1.93. The first-order chi connectivity index (χ1) is 5.83. The first-order valence-electron chi connectivity index (χ1n) is 4.52. The number of likely N-dealkylation sites (tertiary alicyclic amines) is 1. The van der Waals surface area contributed by atoms with Crippen LogP contribution < -0.4 is 5.48 Å². The second kappa shape index (κ2) is 5.48. The van der Waals surface area contributed by atoms with Gasteiger partial charge >= 0.3 is 0 Å². The lowest BCUT2D eigenvalue weighted by Gasteiger charge is -2.13. The SMILES string of the molecule is CNOCCCN1CCC(O)C1. The van der Waals surface area contributed by atoms with Crippen LogP contribution in [0.3, 0.4) is 0 Å². The fourth-order valence-corrected chi connectivity index (χ4v) is 1.48. The van der Waals surface area contributed by atoms with Gasteiger partial charge in [0.15, 0.2) is 0 Å². The summed E-state index contributed by atoms with van der Waals surface area (Å²) < 4.78 is 0. The van der Waals surface area contributed by atoms with Gasteiger partial charge in [-0.1, -0.05) is 0 Å². The lowest BCUT2D eigenvalue weighted by Crippen LogP contribution is -2.24. The predicted molar refractivity (Wildman–Crippen MR) is 46.7 cm³/mol. The van der Waals surface area contributed by atoms with Gasteiger partial charge in [-0.05, 0) is 12.8 Å². The van der Waals surface area contributed by atoms with Crippen LogP contribution in [0.5, 0.6) is 0 Å². The van der Waals surface area contributed by atoms with Crippen LogP contribution in [0.15, 0.2) is 0 Å². The number of aliphatic hydroxyl groups excluding tert-OH is 1. The maximum atomic E-state index is 9.22. The predicted octanol–water partition coefficient (Wildman–Crippen LogP) is -0.406. The Bertz CT molecular complexity index is 122. The van der Waals surface area contributed by atoms with Gasteiger partial charge in [0, 0.05) is 26.7 Å². The van der Waals surface area contributed by atoms with E-state index in [9.17, 15) is 5.11 Å². The van der Waals surface area contributed by atoms with Crippen LogP contribution >= 0.6 is 0 Å². The summed E-state index contributed by atoms with van der Waals surface area (Å²) in [6.45, 7) is 3.63. The summed E-state index contributed by atoms with van der Waals surface area (Å²) in [5, 5.41) is 9.22. The second-order valence-corrected chi connectivity index (χ2v) is 3.15. The lowest BCUT2D eigenvalue weighted by molar-refractivity contribution is 0.0512. The largest absolute Gasteiger partial charge is 0.392 e. The van der Waals surface area contributed by atoms with Crippen LogP contribution in [0.1, 0.15) is 12.8 Å². The highest BCUT2D eigenvalue weighted by atomic mass is 16.6. The maximum absolute atomic E-state index is 9.22. The molecular weight excluding hydrogens is 156 g/mol. The van der Waals surface area contributed by atoms with Gasteiger partial charge in [-0.15, -0.1) is 0 Å². The van der Waals surface area contributed by atoms with Crippen LogP contribution in [-0.4, -0.2) is 49.4 Å². The Morgan fingerprint density at radius 1 is 1.67 bits per heavy atom. The van der Waals surface area contributed by atoms with Crippen molar-refractivity contribution in [3.05, 3.63) is 0 Å². The lowest BCUT2D eigenvalue weighted by atomic mass is 10.3. The van der Waals surface area contributed by atoms with Crippen molar-refractivity contribution in [3.8, 4) is 0 Å². The summed E-state index contributed by atoms with van der Waals surface area (Å²) >= 11 is 0. The summed E-state index contributed by atoms with van der Waals surface area (Å²) in [4.78, 5) is 7.25. The summed E-state index contributed by atoms with van der Waals surface area (Å²) in [5.41, 5.74) is 2.63. The number of hydrogen-bond acceptors (Lipinski definition) is 4. The Kier molecular flexibility index (Phi) is 4.53. The van der Waals surface area contributed by atoms with Crippen LogP contribution in [-0.2, 0) is 4.84 Å². The molecule has 1 aliphatic rings. The highest BCUT2D eigenvalue weighted by molar-refractivity contribution is 4.73. The Morgan fingerprint density at radius 2 is 2.50 bits per heavy atom. The maximum Gasteiger partial charge on any atom is 0.0694 e. The molecule has 0 spiro atoms. The molecule has 1 unspecified atom stereocenters. The highest BCUT2D eigenvalue weighted by Gasteiger charge is 2.18. The summed E-state index contributed by atoms with van der Waals surface area (Å²) in [6.07, 6.45) is 1.84. The van der Waals surface area contributed by atoms with E-state index in [0.29, 0.717) is 0 Å². The van der Waals surface area contributed by atoms with Crippen molar-refractivity contribution >= 4 is 0 Å². The molecule has 4 nitrogen and oxygen atoms in total. The molecular formula is C8H18N2O2. The molecule has 1 saturated heterocycles. The van der Waals surface area contributed by atoms with Crippen molar-refractivity contribution in [3.63, 3.8) is 0 Å². The van der Waals surface area contributed by atoms with E-state index in [1.807, 2.05) is 0 Å². The van der Waals surface area contributed by atoms with Crippen LogP contribution in [0.2, 0.25) is 0 Å². The number of hydrogen-bond donors (Lipinski definition) is 2. The van der Waals surface area contributed by atoms with Crippen molar-refractivity contribution in [2.45, 2.75) is 18.9 Å². The van der Waals surface area contributed by atoms with Gasteiger partial charge in [-0.2, -0.15) is 0 Å². The second-order valence-electron chi connectivity index (χ2n) is 3.15. The standard InChI is InChI=1S/C8H18N2O2/c1-9-12-6-2-4-10-5-3-8(11)7-10/h8-9,11H,2-7H2,1H3. The van der Waals surface area contributed by atoms with E-state index in [-0.39, 0.29) is 6.10 Å². The highest BCUT2D eigenvalue weighted by Crippen LogP contribution is 2.08. The molecule has 0 aromatic rings. The molecule has 1 fully saturated rings. The summed E-state index contributed by atoms with van der Waals surface area (Å²) in [6, 6.07) is 0. The van der Waals surface area contributed by atoms with Crippen LogP contribution in [0.4, 0.5) is 0 Å². The average molecular weight is 174 g/mol. The Morgan fingerprint density at radius 3 is 3.08 bits per heavy atom. The number of aliphatic hydroxyl groups is 1. The minimum atomic E-state index is -0.102. The van der Waals surface area contributed by atoms with Crippen molar-refractivity contribution in [1.29, 1.82) is 0 Å². The summed E-state index contributed by atoms with van der Waals surface area (Å²) in [5.74, 6) is 0. The van der Waals surface area contributed by atoms with Crippen LogP contribution in [0.25, 0.3) is 0 Å². The zero-order valence-electron chi connectivity index (χ0n) is 7.62. The molecule has 0 aliphatic carbocycles. The Hall–Kier alpha value is -0.160. The molecule has 0 aromatic carbocycles. The van der Waals surface area contributed by atoms with E-state index in [4.69, 9.17) is 4.84 Å². The zero-order chi connectivity index (χ0) is 8.81. The van der Waals surface area contributed by atoms with Gasteiger partial charge < -0.3 is 14.8 Å². The first kappa shape index (κ1) is 9.92. The molecule has 1 atom stereocenters. The fraction of sp³-hybridized carbons (Fsp3) is 1.00. The molecule has 0 aromatic heterocycles. The van der Waals surface area contributed by atoms with Gasteiger partial charge in [-0.25, -0.2) is 5.48 Å². The number of nitrogens with one attached hydrogen (secondary N) is 1. The van der Waals surface area contributed by atoms with E-state index in [2.05, 4.69) is 10.4 Å². The molecule has 2 N–H and O–H groups in total. The smallest absolute Gasteiger partial charge is 0.0694 e. The third-order valence-electron chi connectivity index (χ3n) is 2.11. The monoisotopic (exact) mass is 174 g/mol. The van der Waals surface area contributed by atoms with Crippen molar-refractivity contribution in [2.24, 2.45) is 0 Å². The minimum Gasteiger partial charge on any atom is -0.392 e. The van der Waals surface area contributed by atoms with E-state index >= 15 is 0 Å². The average Bonchev–Trinajstić information content (AvgIpc) is 2.45.